The molecule has 0 aliphatic heterocycles. The van der Waals surface area contributed by atoms with Crippen molar-refractivity contribution in [3.8, 4) is 0 Å². The molecule has 0 bridgehead atoms. The van der Waals surface area contributed by atoms with E-state index in [9.17, 15) is 4.79 Å². The highest BCUT2D eigenvalue weighted by atomic mass is 32.2. The van der Waals surface area contributed by atoms with Crippen LogP contribution in [-0.2, 0) is 10.6 Å². The summed E-state index contributed by atoms with van der Waals surface area (Å²) in [7, 11) is 0. The number of aromatic nitrogens is 1. The summed E-state index contributed by atoms with van der Waals surface area (Å²) < 4.78 is 8.58. The highest BCUT2D eigenvalue weighted by Crippen LogP contribution is 2.19. The van der Waals surface area contributed by atoms with Crippen LogP contribution in [0, 0.1) is 0 Å². The highest BCUT2D eigenvalue weighted by molar-refractivity contribution is 8.22. The van der Waals surface area contributed by atoms with E-state index in [-0.39, 0.29) is 11.0 Å². The standard InChI is InChI=1S/C12H13NO2S3/c1-8(2)15-12(16)17-7-13-9-5-3-4-6-10(9)18-11(13)14/h3-6,8H,7H2,1-2H3. The topological polar surface area (TPSA) is 31.2 Å². The Morgan fingerprint density at radius 2 is 2.22 bits per heavy atom. The Balaban J connectivity index is 2.15. The SMILES string of the molecule is CC(C)OC(=S)SCn1c(=O)sc2ccccc21. The van der Waals surface area contributed by atoms with E-state index in [0.29, 0.717) is 10.3 Å². The van der Waals surface area contributed by atoms with Crippen LogP contribution in [-0.4, -0.2) is 15.1 Å². The van der Waals surface area contributed by atoms with E-state index in [4.69, 9.17) is 17.0 Å². The van der Waals surface area contributed by atoms with Crippen molar-refractivity contribution in [3.05, 3.63) is 33.9 Å². The summed E-state index contributed by atoms with van der Waals surface area (Å²) in [6, 6.07) is 7.76. The quantitative estimate of drug-likeness (QED) is 0.812. The Hall–Kier alpha value is -0.850. The predicted octanol–water partition coefficient (Wildman–Crippen LogP) is 3.46. The van der Waals surface area contributed by atoms with Crippen molar-refractivity contribution in [2.24, 2.45) is 0 Å². The van der Waals surface area contributed by atoms with E-state index in [1.165, 1.54) is 23.1 Å². The third-order valence-corrected chi connectivity index (χ3v) is 4.35. The number of benzene rings is 1. The van der Waals surface area contributed by atoms with Gasteiger partial charge in [0, 0.05) is 0 Å². The zero-order chi connectivity index (χ0) is 13.1. The first-order valence-electron chi connectivity index (χ1n) is 5.49. The molecule has 0 saturated heterocycles. The van der Waals surface area contributed by atoms with E-state index in [2.05, 4.69) is 0 Å². The van der Waals surface area contributed by atoms with Crippen molar-refractivity contribution in [1.82, 2.24) is 4.57 Å². The van der Waals surface area contributed by atoms with Crippen LogP contribution in [0.15, 0.2) is 29.1 Å². The summed E-state index contributed by atoms with van der Waals surface area (Å²) in [6.45, 7) is 3.86. The second-order valence-corrected chi connectivity index (χ2v) is 6.49. The van der Waals surface area contributed by atoms with Crippen LogP contribution in [0.1, 0.15) is 13.8 Å². The summed E-state index contributed by atoms with van der Waals surface area (Å²) >= 11 is 7.72. The third kappa shape index (κ3) is 3.13. The maximum Gasteiger partial charge on any atom is 0.308 e. The smallest absolute Gasteiger partial charge is 0.308 e. The largest absolute Gasteiger partial charge is 0.476 e. The fourth-order valence-corrected chi connectivity index (χ4v) is 3.55. The minimum absolute atomic E-state index is 0.0380. The van der Waals surface area contributed by atoms with Gasteiger partial charge >= 0.3 is 4.87 Å². The summed E-state index contributed by atoms with van der Waals surface area (Å²) in [4.78, 5) is 11.9. The van der Waals surface area contributed by atoms with Gasteiger partial charge in [0.1, 0.15) is 0 Å². The molecule has 0 aliphatic carbocycles. The zero-order valence-electron chi connectivity index (χ0n) is 10.1. The highest BCUT2D eigenvalue weighted by Gasteiger charge is 2.08. The molecule has 0 amide bonds. The molecule has 1 heterocycles. The van der Waals surface area contributed by atoms with Gasteiger partial charge in [0.2, 0.25) is 4.38 Å². The second kappa shape index (κ2) is 5.86. The number of ether oxygens (including phenoxy) is 1. The molecule has 2 rings (SSSR count). The van der Waals surface area contributed by atoms with Gasteiger partial charge in [-0.2, -0.15) is 0 Å². The van der Waals surface area contributed by atoms with Gasteiger partial charge in [-0.05, 0) is 38.2 Å². The van der Waals surface area contributed by atoms with E-state index in [1.807, 2.05) is 38.1 Å². The van der Waals surface area contributed by atoms with Crippen molar-refractivity contribution in [1.29, 1.82) is 0 Å². The van der Waals surface area contributed by atoms with Crippen LogP contribution < -0.4 is 4.87 Å². The minimum atomic E-state index is 0.0380. The fourth-order valence-electron chi connectivity index (χ4n) is 1.48. The number of hydrogen-bond donors (Lipinski definition) is 0. The van der Waals surface area contributed by atoms with Crippen LogP contribution in [0.2, 0.25) is 0 Å². The van der Waals surface area contributed by atoms with Crippen molar-refractivity contribution in [2.75, 3.05) is 0 Å². The number of nitrogens with zero attached hydrogens (tertiary/aromatic N) is 1. The van der Waals surface area contributed by atoms with Crippen LogP contribution in [0.25, 0.3) is 10.2 Å². The first kappa shape index (κ1) is 13.6. The first-order chi connectivity index (χ1) is 8.58. The molecule has 1 aromatic carbocycles. The molecule has 6 heteroatoms. The van der Waals surface area contributed by atoms with Gasteiger partial charge in [0.15, 0.2) is 0 Å². The molecule has 18 heavy (non-hydrogen) atoms. The van der Waals surface area contributed by atoms with Crippen molar-refractivity contribution in [2.45, 2.75) is 25.8 Å². The van der Waals surface area contributed by atoms with Gasteiger partial charge in [-0.1, -0.05) is 35.2 Å². The molecule has 96 valence electrons. The summed E-state index contributed by atoms with van der Waals surface area (Å²) in [6.07, 6.45) is 0.0703. The van der Waals surface area contributed by atoms with Gasteiger partial charge in [-0.25, -0.2) is 0 Å². The number of fused-ring (bicyclic) bond motifs is 1. The lowest BCUT2D eigenvalue weighted by Gasteiger charge is -2.10. The third-order valence-electron chi connectivity index (χ3n) is 2.22. The number of thiazole rings is 1. The predicted molar refractivity (Wildman–Crippen MR) is 82.5 cm³/mol. The van der Waals surface area contributed by atoms with E-state index >= 15 is 0 Å². The van der Waals surface area contributed by atoms with Gasteiger partial charge < -0.3 is 4.74 Å². The molecule has 0 atom stereocenters. The molecule has 3 nitrogen and oxygen atoms in total. The first-order valence-corrected chi connectivity index (χ1v) is 7.70. The van der Waals surface area contributed by atoms with E-state index < -0.39 is 0 Å². The van der Waals surface area contributed by atoms with Crippen LogP contribution in [0.4, 0.5) is 0 Å². The Bertz CT molecular complexity index is 615. The Kier molecular flexibility index (Phi) is 4.42. The van der Waals surface area contributed by atoms with Gasteiger partial charge in [0.25, 0.3) is 0 Å². The number of rotatable bonds is 3. The monoisotopic (exact) mass is 299 g/mol. The lowest BCUT2D eigenvalue weighted by Crippen LogP contribution is -2.13. The Morgan fingerprint density at radius 3 is 2.94 bits per heavy atom. The summed E-state index contributed by atoms with van der Waals surface area (Å²) in [5, 5.41) is 0. The molecule has 0 aliphatic rings. The van der Waals surface area contributed by atoms with Gasteiger partial charge in [-0.3, -0.25) is 9.36 Å². The normalized spacial score (nSPS) is 11.1. The number of para-hydroxylation sites is 1. The molecule has 0 radical (unpaired) electrons. The molecule has 0 saturated carbocycles. The van der Waals surface area contributed by atoms with Crippen LogP contribution >= 0.6 is 35.3 Å². The lowest BCUT2D eigenvalue weighted by molar-refractivity contribution is 0.243. The Morgan fingerprint density at radius 1 is 1.50 bits per heavy atom. The van der Waals surface area contributed by atoms with Gasteiger partial charge in [0.05, 0.1) is 22.2 Å². The number of thiocarbonyl (C=S) groups is 1. The van der Waals surface area contributed by atoms with Gasteiger partial charge in [-0.15, -0.1) is 0 Å². The number of thioether (sulfide) groups is 1. The van der Waals surface area contributed by atoms with E-state index in [1.54, 1.807) is 4.57 Å². The average Bonchev–Trinajstić information content (AvgIpc) is 2.61. The molecule has 0 N–H and O–H groups in total. The maximum atomic E-state index is 11.9. The minimum Gasteiger partial charge on any atom is -0.476 e. The van der Waals surface area contributed by atoms with Crippen molar-refractivity contribution in [3.63, 3.8) is 0 Å². The summed E-state index contributed by atoms with van der Waals surface area (Å²) in [5.74, 6) is 0.494. The van der Waals surface area contributed by atoms with E-state index in [0.717, 1.165) is 10.2 Å². The van der Waals surface area contributed by atoms with Crippen LogP contribution in [0.3, 0.4) is 0 Å². The summed E-state index contributed by atoms with van der Waals surface area (Å²) in [5.41, 5.74) is 0.951. The average molecular weight is 299 g/mol. The molecular weight excluding hydrogens is 286 g/mol. The molecule has 1 aromatic heterocycles. The molecule has 2 aromatic rings. The number of hydrogen-bond acceptors (Lipinski definition) is 5. The zero-order valence-corrected chi connectivity index (χ0v) is 12.5. The second-order valence-electron chi connectivity index (χ2n) is 3.95. The van der Waals surface area contributed by atoms with Crippen molar-refractivity contribution < 1.29 is 4.74 Å². The molecule has 0 fully saturated rings. The molecule has 0 spiro atoms. The lowest BCUT2D eigenvalue weighted by atomic mass is 10.3. The van der Waals surface area contributed by atoms with Crippen LogP contribution in [0.5, 0.6) is 0 Å². The molecule has 0 unspecified atom stereocenters. The Labute approximate surface area is 119 Å². The van der Waals surface area contributed by atoms with Crippen molar-refractivity contribution >= 4 is 49.9 Å². The fraction of sp³-hybridized carbons (Fsp3) is 0.333. The maximum absolute atomic E-state index is 11.9. The molecular formula is C12H13NO2S3.